The molecule has 31 heavy (non-hydrogen) atoms. The van der Waals surface area contributed by atoms with Crippen LogP contribution in [0.5, 0.6) is 5.75 Å². The first kappa shape index (κ1) is 23.7. The number of unbranched alkanes of at least 4 members (excludes halogenated alkanes) is 1. The van der Waals surface area contributed by atoms with E-state index >= 15 is 0 Å². The third-order valence-electron chi connectivity index (χ3n) is 5.05. The van der Waals surface area contributed by atoms with E-state index in [2.05, 4.69) is 10.6 Å². The monoisotopic (exact) mass is 432 g/mol. The number of benzene rings is 1. The molecule has 0 radical (unpaired) electrons. The van der Waals surface area contributed by atoms with Gasteiger partial charge in [0.15, 0.2) is 0 Å². The Labute approximate surface area is 178 Å². The molecule has 0 aliphatic rings. The summed E-state index contributed by atoms with van der Waals surface area (Å²) >= 11 is 0. The largest absolute Gasteiger partial charge is 0.548 e. The second kappa shape index (κ2) is 10.5. The fourth-order valence-electron chi connectivity index (χ4n) is 3.34. The van der Waals surface area contributed by atoms with Crippen molar-refractivity contribution in [3.8, 4) is 5.75 Å². The highest BCUT2D eigenvalue weighted by Gasteiger charge is 2.19. The summed E-state index contributed by atoms with van der Waals surface area (Å²) in [6, 6.07) is 1.60. The zero-order valence-electron chi connectivity index (χ0n) is 17.7. The van der Waals surface area contributed by atoms with Gasteiger partial charge in [0.25, 0.3) is 0 Å². The highest BCUT2D eigenvalue weighted by Crippen LogP contribution is 2.29. The number of carbonyl (C=O) groups excluding carboxylic acids is 3. The van der Waals surface area contributed by atoms with E-state index in [1.165, 1.54) is 7.11 Å². The summed E-state index contributed by atoms with van der Waals surface area (Å²) < 4.78 is 10.7. The number of urea groups is 1. The third-order valence-corrected chi connectivity index (χ3v) is 5.05. The minimum Gasteiger partial charge on any atom is -0.548 e. The van der Waals surface area contributed by atoms with Gasteiger partial charge in [-0.1, -0.05) is 0 Å². The van der Waals surface area contributed by atoms with Gasteiger partial charge in [0, 0.05) is 17.5 Å². The summed E-state index contributed by atoms with van der Waals surface area (Å²) in [6.45, 7) is 3.76. The molecule has 3 amide bonds. The number of methoxy groups -OCH3 is 1. The topological polar surface area (TPSA) is 164 Å². The van der Waals surface area contributed by atoms with Crippen LogP contribution in [-0.2, 0) is 16.0 Å². The van der Waals surface area contributed by atoms with E-state index < -0.39 is 29.6 Å². The number of hydrogen-bond donors (Lipinski definition) is 3. The Morgan fingerprint density at radius 3 is 2.52 bits per heavy atom. The maximum atomic E-state index is 12.5. The average Bonchev–Trinajstić information content (AvgIpc) is 2.70. The van der Waals surface area contributed by atoms with Gasteiger partial charge in [-0.3, -0.25) is 4.79 Å². The number of carboxylic acids is 1. The van der Waals surface area contributed by atoms with Gasteiger partial charge in [0.05, 0.1) is 31.1 Å². The molecule has 4 N–H and O–H groups in total. The van der Waals surface area contributed by atoms with Crippen molar-refractivity contribution in [3.63, 3.8) is 0 Å². The molecule has 1 heterocycles. The van der Waals surface area contributed by atoms with Gasteiger partial charge in [-0.05, 0) is 50.8 Å². The molecule has 0 bridgehead atoms. The highest BCUT2D eigenvalue weighted by atomic mass is 16.5. The van der Waals surface area contributed by atoms with Gasteiger partial charge in [-0.2, -0.15) is 0 Å². The minimum atomic E-state index is -1.43. The summed E-state index contributed by atoms with van der Waals surface area (Å²) in [4.78, 5) is 46.9. The summed E-state index contributed by atoms with van der Waals surface area (Å²) in [5.74, 6) is -1.49. The number of amides is 3. The number of ether oxygens (including phenoxy) is 1. The van der Waals surface area contributed by atoms with E-state index in [4.69, 9.17) is 14.9 Å². The molecule has 10 heteroatoms. The first-order valence-corrected chi connectivity index (χ1v) is 9.79. The zero-order chi connectivity index (χ0) is 23.1. The summed E-state index contributed by atoms with van der Waals surface area (Å²) in [7, 11) is 1.51. The molecular formula is C21H26N3O7-. The van der Waals surface area contributed by atoms with Crippen LogP contribution in [0.25, 0.3) is 11.0 Å². The fourth-order valence-corrected chi connectivity index (χ4v) is 3.34. The average molecular weight is 432 g/mol. The van der Waals surface area contributed by atoms with Crippen LogP contribution in [0, 0.1) is 13.8 Å². The molecule has 1 aromatic carbocycles. The number of hydrogen-bond acceptors (Lipinski definition) is 7. The van der Waals surface area contributed by atoms with Crippen LogP contribution >= 0.6 is 0 Å². The van der Waals surface area contributed by atoms with Crippen molar-refractivity contribution in [1.82, 2.24) is 10.6 Å². The Kier molecular flexibility index (Phi) is 8.00. The molecule has 1 aromatic heterocycles. The van der Waals surface area contributed by atoms with Crippen molar-refractivity contribution in [2.75, 3.05) is 13.7 Å². The lowest BCUT2D eigenvalue weighted by Crippen LogP contribution is -2.48. The second-order valence-electron chi connectivity index (χ2n) is 7.17. The zero-order valence-corrected chi connectivity index (χ0v) is 17.7. The van der Waals surface area contributed by atoms with Gasteiger partial charge < -0.3 is 35.4 Å². The molecule has 0 saturated carbocycles. The van der Waals surface area contributed by atoms with E-state index in [1.807, 2.05) is 0 Å². The molecule has 10 nitrogen and oxygen atoms in total. The molecule has 2 aromatic rings. The Morgan fingerprint density at radius 1 is 1.19 bits per heavy atom. The summed E-state index contributed by atoms with van der Waals surface area (Å²) in [5.41, 5.74) is 6.06. The molecule has 0 unspecified atom stereocenters. The van der Waals surface area contributed by atoms with Crippen LogP contribution in [0.1, 0.15) is 36.0 Å². The van der Waals surface area contributed by atoms with Gasteiger partial charge in [-0.15, -0.1) is 0 Å². The smallest absolute Gasteiger partial charge is 0.340 e. The molecule has 168 valence electrons. The third kappa shape index (κ3) is 5.97. The molecule has 2 rings (SSSR count). The van der Waals surface area contributed by atoms with E-state index in [0.717, 1.165) is 0 Å². The van der Waals surface area contributed by atoms with Crippen molar-refractivity contribution >= 4 is 28.9 Å². The SMILES string of the molecule is COc1ccc2c(C)c(CC(=O)N[C@@H](CCCCNC(N)=O)C(=O)[O-])c(=O)oc2c1C. The Morgan fingerprint density at radius 2 is 1.90 bits per heavy atom. The fraction of sp³-hybridized carbons (Fsp3) is 0.429. The molecule has 0 saturated heterocycles. The molecule has 0 fully saturated rings. The van der Waals surface area contributed by atoms with Crippen LogP contribution < -0.4 is 31.8 Å². The van der Waals surface area contributed by atoms with Crippen molar-refractivity contribution in [2.45, 2.75) is 45.6 Å². The number of primary amides is 1. The first-order valence-electron chi connectivity index (χ1n) is 9.79. The van der Waals surface area contributed by atoms with Crippen LogP contribution in [0.3, 0.4) is 0 Å². The first-order chi connectivity index (χ1) is 14.6. The number of aliphatic carboxylic acids is 1. The second-order valence-corrected chi connectivity index (χ2v) is 7.17. The molecule has 0 spiro atoms. The van der Waals surface area contributed by atoms with E-state index in [9.17, 15) is 24.3 Å². The van der Waals surface area contributed by atoms with Crippen LogP contribution in [-0.4, -0.2) is 37.6 Å². The molecular weight excluding hydrogens is 406 g/mol. The van der Waals surface area contributed by atoms with E-state index in [1.54, 1.807) is 26.0 Å². The maximum Gasteiger partial charge on any atom is 0.340 e. The van der Waals surface area contributed by atoms with Crippen LogP contribution in [0.2, 0.25) is 0 Å². The lowest BCUT2D eigenvalue weighted by atomic mass is 10.0. The standard InChI is InChI=1S/C21H27N3O7/c1-11-13-7-8-16(30-3)12(2)18(13)31-20(28)14(11)10-17(25)24-15(19(26)27)6-4-5-9-23-21(22)29/h7-8,15H,4-6,9-10H2,1-3H3,(H,24,25)(H,26,27)(H3,22,23,29)/p-1/t15-/m0/s1. The van der Waals surface area contributed by atoms with E-state index in [0.29, 0.717) is 47.2 Å². The van der Waals surface area contributed by atoms with Gasteiger partial charge in [0.1, 0.15) is 11.3 Å². The van der Waals surface area contributed by atoms with Gasteiger partial charge in [0.2, 0.25) is 5.91 Å². The number of carboxylic acid groups (broad SMARTS) is 1. The summed E-state index contributed by atoms with van der Waals surface area (Å²) in [5, 5.41) is 16.8. The number of aryl methyl sites for hydroxylation is 2. The van der Waals surface area contributed by atoms with Crippen molar-refractivity contribution in [3.05, 3.63) is 39.2 Å². The molecule has 1 atom stereocenters. The van der Waals surface area contributed by atoms with Crippen molar-refractivity contribution in [1.29, 1.82) is 0 Å². The number of nitrogens with two attached hydrogens (primary N) is 1. The van der Waals surface area contributed by atoms with Crippen molar-refractivity contribution < 1.29 is 28.6 Å². The number of carbonyl (C=O) groups is 3. The minimum absolute atomic E-state index is 0.110. The van der Waals surface area contributed by atoms with Gasteiger partial charge in [-0.25, -0.2) is 9.59 Å². The maximum absolute atomic E-state index is 12.5. The van der Waals surface area contributed by atoms with Crippen LogP contribution in [0.15, 0.2) is 21.3 Å². The number of rotatable bonds is 10. The highest BCUT2D eigenvalue weighted by molar-refractivity contribution is 5.88. The molecule has 0 aliphatic heterocycles. The normalized spacial score (nSPS) is 11.7. The predicted molar refractivity (Wildman–Crippen MR) is 111 cm³/mol. The van der Waals surface area contributed by atoms with Crippen molar-refractivity contribution in [2.24, 2.45) is 5.73 Å². The Hall–Kier alpha value is -3.56. The van der Waals surface area contributed by atoms with Crippen LogP contribution in [0.4, 0.5) is 4.79 Å². The Balaban J connectivity index is 2.12. The summed E-state index contributed by atoms with van der Waals surface area (Å²) in [6.07, 6.45) is 0.678. The van der Waals surface area contributed by atoms with Gasteiger partial charge >= 0.3 is 11.7 Å². The Bertz CT molecular complexity index is 1050. The molecule has 0 aliphatic carbocycles. The quantitative estimate of drug-likeness (QED) is 0.352. The lowest BCUT2D eigenvalue weighted by Gasteiger charge is -2.20. The number of fused-ring (bicyclic) bond motifs is 1. The van der Waals surface area contributed by atoms with E-state index in [-0.39, 0.29) is 18.4 Å². The predicted octanol–water partition coefficient (Wildman–Crippen LogP) is 0.0342. The number of nitrogens with one attached hydrogen (secondary N) is 2. The lowest BCUT2D eigenvalue weighted by molar-refractivity contribution is -0.308.